The monoisotopic (exact) mass is 307 g/mol. The van der Waals surface area contributed by atoms with Crippen LogP contribution < -0.4 is 4.74 Å². The number of nitrogens with one attached hydrogen (secondary N) is 2. The van der Waals surface area contributed by atoms with Gasteiger partial charge in [-0.1, -0.05) is 6.07 Å². The molecule has 6 heteroatoms. The van der Waals surface area contributed by atoms with Gasteiger partial charge in [-0.3, -0.25) is 5.10 Å². The Balaban J connectivity index is 1.77. The first-order valence-corrected chi connectivity index (χ1v) is 7.02. The van der Waals surface area contributed by atoms with E-state index < -0.39 is 0 Å². The highest BCUT2D eigenvalue weighted by atomic mass is 16.5. The highest BCUT2D eigenvalue weighted by Gasteiger charge is 2.15. The standard InChI is InChI=1S/C17H13N3O3/c21-10-4-5-12(14(22)8-10)17-16(9-19-20-17)23-15-3-1-2-13-11(15)6-7-18-13/h1-9,18,21-22H,(H,19,20). The Morgan fingerprint density at radius 1 is 1.00 bits per heavy atom. The second-order valence-electron chi connectivity index (χ2n) is 5.11. The number of phenols is 2. The average Bonchev–Trinajstić information content (AvgIpc) is 3.17. The molecule has 0 aliphatic rings. The maximum atomic E-state index is 10.0. The summed E-state index contributed by atoms with van der Waals surface area (Å²) in [7, 11) is 0. The van der Waals surface area contributed by atoms with E-state index in [9.17, 15) is 10.2 Å². The summed E-state index contributed by atoms with van der Waals surface area (Å²) in [5.74, 6) is 1.11. The van der Waals surface area contributed by atoms with Crippen LogP contribution in [0.25, 0.3) is 22.2 Å². The topological polar surface area (TPSA) is 94.2 Å². The van der Waals surface area contributed by atoms with Crippen LogP contribution in [0.4, 0.5) is 0 Å². The molecule has 2 aromatic heterocycles. The minimum atomic E-state index is -0.0565. The van der Waals surface area contributed by atoms with Gasteiger partial charge in [-0.25, -0.2) is 0 Å². The van der Waals surface area contributed by atoms with E-state index in [-0.39, 0.29) is 11.5 Å². The number of aromatic hydroxyl groups is 2. The number of hydrogen-bond acceptors (Lipinski definition) is 4. The molecule has 0 bridgehead atoms. The number of aromatic nitrogens is 3. The van der Waals surface area contributed by atoms with Crippen LogP contribution in [0, 0.1) is 0 Å². The number of hydrogen-bond donors (Lipinski definition) is 4. The first kappa shape index (κ1) is 13.3. The van der Waals surface area contributed by atoms with Crippen LogP contribution in [0.5, 0.6) is 23.0 Å². The van der Waals surface area contributed by atoms with Gasteiger partial charge < -0.3 is 19.9 Å². The quantitative estimate of drug-likeness (QED) is 0.463. The van der Waals surface area contributed by atoms with Crippen molar-refractivity contribution in [2.24, 2.45) is 0 Å². The van der Waals surface area contributed by atoms with Crippen LogP contribution in [-0.4, -0.2) is 25.4 Å². The Morgan fingerprint density at radius 3 is 2.78 bits per heavy atom. The molecule has 0 saturated heterocycles. The molecule has 0 amide bonds. The van der Waals surface area contributed by atoms with Gasteiger partial charge in [-0.2, -0.15) is 5.10 Å². The first-order chi connectivity index (χ1) is 11.2. The lowest BCUT2D eigenvalue weighted by Crippen LogP contribution is -1.87. The average molecular weight is 307 g/mol. The second-order valence-corrected chi connectivity index (χ2v) is 5.11. The Hall–Kier alpha value is -3.41. The molecule has 0 aliphatic heterocycles. The van der Waals surface area contributed by atoms with E-state index in [2.05, 4.69) is 15.2 Å². The zero-order valence-corrected chi connectivity index (χ0v) is 11.9. The molecule has 2 heterocycles. The van der Waals surface area contributed by atoms with Gasteiger partial charge in [0.25, 0.3) is 0 Å². The van der Waals surface area contributed by atoms with Crippen LogP contribution in [0.1, 0.15) is 0 Å². The normalized spacial score (nSPS) is 11.0. The number of rotatable bonds is 3. The zero-order valence-electron chi connectivity index (χ0n) is 11.9. The molecule has 2 aromatic carbocycles. The molecule has 0 aliphatic carbocycles. The number of ether oxygens (including phenoxy) is 1. The molecule has 6 nitrogen and oxygen atoms in total. The number of nitrogens with zero attached hydrogens (tertiary/aromatic N) is 1. The smallest absolute Gasteiger partial charge is 0.173 e. The van der Waals surface area contributed by atoms with Gasteiger partial charge in [0.1, 0.15) is 22.9 Å². The lowest BCUT2D eigenvalue weighted by atomic mass is 10.1. The van der Waals surface area contributed by atoms with E-state index in [1.807, 2.05) is 30.5 Å². The summed E-state index contributed by atoms with van der Waals surface area (Å²) in [5, 5.41) is 27.2. The largest absolute Gasteiger partial charge is 0.508 e. The Kier molecular flexibility index (Phi) is 2.94. The molecule has 0 unspecified atom stereocenters. The minimum Gasteiger partial charge on any atom is -0.508 e. The van der Waals surface area contributed by atoms with Gasteiger partial charge in [-0.05, 0) is 30.3 Å². The summed E-state index contributed by atoms with van der Waals surface area (Å²) in [5.41, 5.74) is 2.01. The number of fused-ring (bicyclic) bond motifs is 1. The third-order valence-corrected chi connectivity index (χ3v) is 3.63. The van der Waals surface area contributed by atoms with Crippen molar-refractivity contribution in [3.05, 3.63) is 54.9 Å². The Labute approximate surface area is 131 Å². The molecular formula is C17H13N3O3. The summed E-state index contributed by atoms with van der Waals surface area (Å²) >= 11 is 0. The summed E-state index contributed by atoms with van der Waals surface area (Å²) in [6.07, 6.45) is 3.40. The van der Waals surface area contributed by atoms with Gasteiger partial charge in [0.15, 0.2) is 5.75 Å². The van der Waals surface area contributed by atoms with Gasteiger partial charge in [0.05, 0.1) is 6.20 Å². The van der Waals surface area contributed by atoms with Crippen molar-refractivity contribution in [2.45, 2.75) is 0 Å². The molecule has 23 heavy (non-hydrogen) atoms. The summed E-state index contributed by atoms with van der Waals surface area (Å²) in [6, 6.07) is 12.0. The molecule has 0 fully saturated rings. The Bertz CT molecular complexity index is 988. The fourth-order valence-corrected chi connectivity index (χ4v) is 2.54. The lowest BCUT2D eigenvalue weighted by Gasteiger charge is -2.09. The third-order valence-electron chi connectivity index (χ3n) is 3.63. The molecule has 4 N–H and O–H groups in total. The van der Waals surface area contributed by atoms with Crippen molar-refractivity contribution in [3.63, 3.8) is 0 Å². The van der Waals surface area contributed by atoms with Crippen LogP contribution >= 0.6 is 0 Å². The molecule has 0 atom stereocenters. The van der Waals surface area contributed by atoms with E-state index in [4.69, 9.17) is 4.74 Å². The van der Waals surface area contributed by atoms with Crippen molar-refractivity contribution in [2.75, 3.05) is 0 Å². The minimum absolute atomic E-state index is 0.00896. The highest BCUT2D eigenvalue weighted by molar-refractivity contribution is 5.86. The Morgan fingerprint density at radius 2 is 1.91 bits per heavy atom. The van der Waals surface area contributed by atoms with Gasteiger partial charge >= 0.3 is 0 Å². The second kappa shape index (κ2) is 5.10. The number of aromatic amines is 2. The lowest BCUT2D eigenvalue weighted by molar-refractivity contribution is 0.451. The zero-order chi connectivity index (χ0) is 15.8. The van der Waals surface area contributed by atoms with Crippen molar-refractivity contribution in [3.8, 4) is 34.3 Å². The van der Waals surface area contributed by atoms with Crippen LogP contribution in [-0.2, 0) is 0 Å². The van der Waals surface area contributed by atoms with Gasteiger partial charge in [0.2, 0.25) is 0 Å². The fourth-order valence-electron chi connectivity index (χ4n) is 2.54. The number of benzene rings is 2. The maximum Gasteiger partial charge on any atom is 0.173 e. The van der Waals surface area contributed by atoms with Gasteiger partial charge in [0, 0.05) is 28.7 Å². The molecule has 0 spiro atoms. The maximum absolute atomic E-state index is 10.0. The molecule has 114 valence electrons. The SMILES string of the molecule is Oc1ccc(-c2[nH]ncc2Oc2cccc3[nH]ccc23)c(O)c1. The third kappa shape index (κ3) is 2.26. The molecule has 4 aromatic rings. The van der Waals surface area contributed by atoms with Crippen molar-refractivity contribution >= 4 is 10.9 Å². The molecular weight excluding hydrogens is 294 g/mol. The van der Waals surface area contributed by atoms with Crippen LogP contribution in [0.15, 0.2) is 54.9 Å². The summed E-state index contributed by atoms with van der Waals surface area (Å²) in [4.78, 5) is 3.13. The molecule has 0 radical (unpaired) electrons. The van der Waals surface area contributed by atoms with Crippen LogP contribution in [0.3, 0.4) is 0 Å². The number of phenolic OH excluding ortho intramolecular Hbond substituents is 2. The van der Waals surface area contributed by atoms with E-state index >= 15 is 0 Å². The summed E-state index contributed by atoms with van der Waals surface area (Å²) in [6.45, 7) is 0. The molecule has 0 saturated carbocycles. The predicted molar refractivity (Wildman–Crippen MR) is 85.7 cm³/mol. The van der Waals surface area contributed by atoms with E-state index in [1.165, 1.54) is 12.1 Å². The number of H-pyrrole nitrogens is 2. The predicted octanol–water partition coefficient (Wildman–Crippen LogP) is 3.76. The van der Waals surface area contributed by atoms with Crippen molar-refractivity contribution < 1.29 is 14.9 Å². The molecule has 4 rings (SSSR count). The van der Waals surface area contributed by atoms with E-state index in [0.29, 0.717) is 22.8 Å². The first-order valence-electron chi connectivity index (χ1n) is 7.02. The highest BCUT2D eigenvalue weighted by Crippen LogP contribution is 2.38. The van der Waals surface area contributed by atoms with Crippen LogP contribution in [0.2, 0.25) is 0 Å². The van der Waals surface area contributed by atoms with E-state index in [0.717, 1.165) is 10.9 Å². The van der Waals surface area contributed by atoms with Crippen molar-refractivity contribution in [1.82, 2.24) is 15.2 Å². The van der Waals surface area contributed by atoms with E-state index in [1.54, 1.807) is 12.3 Å². The summed E-state index contributed by atoms with van der Waals surface area (Å²) < 4.78 is 5.97. The van der Waals surface area contributed by atoms with Crippen molar-refractivity contribution in [1.29, 1.82) is 0 Å². The fraction of sp³-hybridized carbons (Fsp3) is 0. The van der Waals surface area contributed by atoms with Gasteiger partial charge in [-0.15, -0.1) is 0 Å².